The van der Waals surface area contributed by atoms with Crippen LogP contribution >= 0.6 is 0 Å². The van der Waals surface area contributed by atoms with E-state index in [0.29, 0.717) is 13.2 Å². The van der Waals surface area contributed by atoms with Crippen LogP contribution < -0.4 is 0 Å². The number of hydrogen-bond donors (Lipinski definition) is 1. The Hall–Kier alpha value is -1.40. The normalized spacial score (nSPS) is 23.1. The van der Waals surface area contributed by atoms with Crippen molar-refractivity contribution < 1.29 is 14.6 Å². The van der Waals surface area contributed by atoms with Gasteiger partial charge in [-0.2, -0.15) is 0 Å². The number of imidazole rings is 1. The van der Waals surface area contributed by atoms with Crippen molar-refractivity contribution >= 4 is 5.97 Å². The van der Waals surface area contributed by atoms with Crippen molar-refractivity contribution in [1.82, 2.24) is 14.5 Å². The molecule has 106 valence electrons. The van der Waals surface area contributed by atoms with Crippen molar-refractivity contribution in [3.63, 3.8) is 0 Å². The second-order valence-corrected chi connectivity index (χ2v) is 4.85. The summed E-state index contributed by atoms with van der Waals surface area (Å²) in [7, 11) is 0. The molecule has 0 aliphatic carbocycles. The van der Waals surface area contributed by atoms with E-state index in [0.717, 1.165) is 25.5 Å². The third-order valence-electron chi connectivity index (χ3n) is 3.79. The molecular weight excluding hydrogens is 246 g/mol. The zero-order valence-corrected chi connectivity index (χ0v) is 11.5. The van der Waals surface area contributed by atoms with Crippen LogP contribution in [0.3, 0.4) is 0 Å². The fourth-order valence-corrected chi connectivity index (χ4v) is 2.57. The fourth-order valence-electron chi connectivity index (χ4n) is 2.57. The summed E-state index contributed by atoms with van der Waals surface area (Å²) in [5, 5.41) is 9.20. The zero-order chi connectivity index (χ0) is 13.8. The zero-order valence-electron chi connectivity index (χ0n) is 11.5. The molecule has 2 atom stereocenters. The minimum absolute atomic E-state index is 0.0219. The van der Waals surface area contributed by atoms with Crippen molar-refractivity contribution in [1.29, 1.82) is 0 Å². The van der Waals surface area contributed by atoms with Gasteiger partial charge in [0.1, 0.15) is 5.82 Å². The summed E-state index contributed by atoms with van der Waals surface area (Å²) in [6.45, 7) is 7.31. The van der Waals surface area contributed by atoms with Gasteiger partial charge in [0.25, 0.3) is 0 Å². The van der Waals surface area contributed by atoms with Crippen LogP contribution in [-0.2, 0) is 16.1 Å². The predicted molar refractivity (Wildman–Crippen MR) is 69.9 cm³/mol. The predicted octanol–water partition coefficient (Wildman–Crippen LogP) is 0.613. The van der Waals surface area contributed by atoms with Gasteiger partial charge < -0.3 is 14.4 Å². The lowest BCUT2D eigenvalue weighted by Crippen LogP contribution is -2.44. The summed E-state index contributed by atoms with van der Waals surface area (Å²) in [6.07, 6.45) is 3.73. The molecule has 2 rings (SSSR count). The van der Waals surface area contributed by atoms with Crippen molar-refractivity contribution in [2.75, 3.05) is 26.3 Å². The molecule has 0 saturated carbocycles. The number of nitrogens with zero attached hydrogens (tertiary/aromatic N) is 3. The van der Waals surface area contributed by atoms with Crippen molar-refractivity contribution in [2.45, 2.75) is 26.4 Å². The average molecular weight is 267 g/mol. The number of aromatic nitrogens is 2. The van der Waals surface area contributed by atoms with Crippen LogP contribution in [-0.4, -0.2) is 57.9 Å². The smallest absolute Gasteiger partial charge is 0.310 e. The third kappa shape index (κ3) is 3.13. The summed E-state index contributed by atoms with van der Waals surface area (Å²) in [5.41, 5.74) is 0. The Balaban J connectivity index is 1.96. The maximum atomic E-state index is 11.2. The second-order valence-electron chi connectivity index (χ2n) is 4.85. The van der Waals surface area contributed by atoms with Gasteiger partial charge in [-0.3, -0.25) is 9.69 Å². The van der Waals surface area contributed by atoms with Gasteiger partial charge in [-0.1, -0.05) is 6.92 Å². The molecule has 6 heteroatoms. The molecule has 0 aromatic carbocycles. The SMILES string of the molecule is CCN(CCn1ccnc1C)C1COCC1C(=O)O. The Morgan fingerprint density at radius 2 is 2.42 bits per heavy atom. The summed E-state index contributed by atoms with van der Waals surface area (Å²) < 4.78 is 7.41. The van der Waals surface area contributed by atoms with Crippen LogP contribution in [0.15, 0.2) is 12.4 Å². The van der Waals surface area contributed by atoms with Gasteiger partial charge in [-0.15, -0.1) is 0 Å². The van der Waals surface area contributed by atoms with Crippen molar-refractivity contribution in [2.24, 2.45) is 5.92 Å². The first-order chi connectivity index (χ1) is 9.13. The van der Waals surface area contributed by atoms with Gasteiger partial charge in [0.15, 0.2) is 0 Å². The molecule has 1 aliphatic rings. The van der Waals surface area contributed by atoms with Crippen LogP contribution in [0.1, 0.15) is 12.7 Å². The van der Waals surface area contributed by atoms with E-state index in [2.05, 4.69) is 21.4 Å². The molecule has 19 heavy (non-hydrogen) atoms. The Bertz CT molecular complexity index is 433. The molecule has 0 amide bonds. The lowest BCUT2D eigenvalue weighted by Gasteiger charge is -2.29. The van der Waals surface area contributed by atoms with E-state index < -0.39 is 11.9 Å². The molecule has 2 heterocycles. The molecule has 2 unspecified atom stereocenters. The van der Waals surface area contributed by atoms with Gasteiger partial charge in [0.05, 0.1) is 19.1 Å². The molecule has 6 nitrogen and oxygen atoms in total. The van der Waals surface area contributed by atoms with E-state index in [1.54, 1.807) is 6.20 Å². The molecule has 1 aliphatic heterocycles. The monoisotopic (exact) mass is 267 g/mol. The number of aliphatic carboxylic acids is 1. The van der Waals surface area contributed by atoms with Gasteiger partial charge in [0, 0.05) is 31.5 Å². The van der Waals surface area contributed by atoms with Gasteiger partial charge >= 0.3 is 5.97 Å². The minimum atomic E-state index is -0.764. The van der Waals surface area contributed by atoms with E-state index in [-0.39, 0.29) is 6.04 Å². The molecular formula is C13H21N3O3. The highest BCUT2D eigenvalue weighted by Gasteiger charge is 2.37. The third-order valence-corrected chi connectivity index (χ3v) is 3.79. The second kappa shape index (κ2) is 6.16. The number of carboxylic acid groups (broad SMARTS) is 1. The van der Waals surface area contributed by atoms with E-state index in [1.165, 1.54) is 0 Å². The number of rotatable bonds is 6. The topological polar surface area (TPSA) is 67.6 Å². The van der Waals surface area contributed by atoms with Crippen LogP contribution in [0, 0.1) is 12.8 Å². The summed E-state index contributed by atoms with van der Waals surface area (Å²) >= 11 is 0. The molecule has 0 spiro atoms. The first-order valence-corrected chi connectivity index (χ1v) is 6.65. The number of carbonyl (C=O) groups is 1. The molecule has 1 aromatic rings. The van der Waals surface area contributed by atoms with Crippen LogP contribution in [0.2, 0.25) is 0 Å². The Labute approximate surface area is 113 Å². The minimum Gasteiger partial charge on any atom is -0.481 e. The Morgan fingerprint density at radius 3 is 3.00 bits per heavy atom. The molecule has 1 saturated heterocycles. The molecule has 1 aromatic heterocycles. The quantitative estimate of drug-likeness (QED) is 0.818. The van der Waals surface area contributed by atoms with E-state index in [1.807, 2.05) is 13.1 Å². The Morgan fingerprint density at radius 1 is 1.63 bits per heavy atom. The highest BCUT2D eigenvalue weighted by molar-refractivity contribution is 5.71. The standard InChI is InChI=1S/C13H21N3O3/c1-3-15(6-7-16-5-4-14-10(16)2)12-9-19-8-11(12)13(17)18/h4-5,11-12H,3,6-9H2,1-2H3,(H,17,18). The van der Waals surface area contributed by atoms with E-state index in [4.69, 9.17) is 4.74 Å². The van der Waals surface area contributed by atoms with Crippen LogP contribution in [0.4, 0.5) is 0 Å². The number of ether oxygens (including phenoxy) is 1. The highest BCUT2D eigenvalue weighted by Crippen LogP contribution is 2.20. The van der Waals surface area contributed by atoms with Crippen LogP contribution in [0.25, 0.3) is 0 Å². The number of likely N-dealkylation sites (N-methyl/N-ethyl adjacent to an activating group) is 1. The maximum Gasteiger partial charge on any atom is 0.310 e. The molecule has 1 N–H and O–H groups in total. The lowest BCUT2D eigenvalue weighted by atomic mass is 10.0. The van der Waals surface area contributed by atoms with Gasteiger partial charge in [-0.25, -0.2) is 4.98 Å². The fraction of sp³-hybridized carbons (Fsp3) is 0.692. The van der Waals surface area contributed by atoms with Crippen LogP contribution in [0.5, 0.6) is 0 Å². The largest absolute Gasteiger partial charge is 0.481 e. The van der Waals surface area contributed by atoms with Crippen molar-refractivity contribution in [3.05, 3.63) is 18.2 Å². The number of hydrogen-bond acceptors (Lipinski definition) is 4. The Kier molecular flexibility index (Phi) is 4.55. The summed E-state index contributed by atoms with van der Waals surface area (Å²) in [4.78, 5) is 17.6. The van der Waals surface area contributed by atoms with E-state index >= 15 is 0 Å². The highest BCUT2D eigenvalue weighted by atomic mass is 16.5. The van der Waals surface area contributed by atoms with Gasteiger partial charge in [-0.05, 0) is 13.5 Å². The summed E-state index contributed by atoms with van der Waals surface area (Å²) in [5.74, 6) is -0.197. The molecule has 0 radical (unpaired) electrons. The number of carboxylic acids is 1. The number of aryl methyl sites for hydroxylation is 1. The average Bonchev–Trinajstić information content (AvgIpc) is 3.00. The maximum absolute atomic E-state index is 11.2. The first kappa shape index (κ1) is 14.0. The summed E-state index contributed by atoms with van der Waals surface area (Å²) in [6, 6.07) is -0.0219. The van der Waals surface area contributed by atoms with Crippen molar-refractivity contribution in [3.8, 4) is 0 Å². The van der Waals surface area contributed by atoms with Gasteiger partial charge in [0.2, 0.25) is 0 Å². The van der Waals surface area contributed by atoms with E-state index in [9.17, 15) is 9.90 Å². The lowest BCUT2D eigenvalue weighted by molar-refractivity contribution is -0.143. The molecule has 0 bridgehead atoms. The molecule has 1 fully saturated rings. The first-order valence-electron chi connectivity index (χ1n) is 6.65.